The Morgan fingerprint density at radius 2 is 1.74 bits per heavy atom. The van der Waals surface area contributed by atoms with Crippen molar-refractivity contribution in [3.05, 3.63) is 52.7 Å². The number of fused-ring (bicyclic) bond motifs is 1. The van der Waals surface area contributed by atoms with Gasteiger partial charge in [-0.15, -0.1) is 0 Å². The van der Waals surface area contributed by atoms with Crippen LogP contribution in [0.3, 0.4) is 0 Å². The van der Waals surface area contributed by atoms with Crippen LogP contribution in [0.5, 0.6) is 11.5 Å². The molecule has 0 unspecified atom stereocenters. The van der Waals surface area contributed by atoms with E-state index < -0.39 is 0 Å². The molecule has 3 N–H and O–H groups in total. The summed E-state index contributed by atoms with van der Waals surface area (Å²) in [6.45, 7) is 3.80. The number of phenols is 2. The first-order chi connectivity index (χ1) is 11.0. The minimum Gasteiger partial charge on any atom is -0.507 e. The van der Waals surface area contributed by atoms with E-state index in [0.29, 0.717) is 11.4 Å². The topological polar surface area (TPSA) is 82.7 Å². The smallest absolute Gasteiger partial charge is 0.197 e. The zero-order valence-electron chi connectivity index (χ0n) is 12.8. The molecular formula is C18H17NO4. The third-order valence-corrected chi connectivity index (χ3v) is 3.45. The summed E-state index contributed by atoms with van der Waals surface area (Å²) in [6.07, 6.45) is 0. The maximum absolute atomic E-state index is 12.4. The van der Waals surface area contributed by atoms with Crippen molar-refractivity contribution >= 4 is 16.7 Å². The van der Waals surface area contributed by atoms with E-state index >= 15 is 0 Å². The fourth-order valence-corrected chi connectivity index (χ4v) is 2.48. The summed E-state index contributed by atoms with van der Waals surface area (Å²) < 4.78 is 5.84. The molecule has 1 heterocycles. The summed E-state index contributed by atoms with van der Waals surface area (Å²) in [4.78, 5) is 12.4. The number of rotatable bonds is 3. The largest absolute Gasteiger partial charge is 0.507 e. The molecule has 118 valence electrons. The molecule has 5 heteroatoms. The lowest BCUT2D eigenvalue weighted by atomic mass is 10.1. The predicted octanol–water partition coefficient (Wildman–Crippen LogP) is 3.69. The van der Waals surface area contributed by atoms with Gasteiger partial charge in [-0.05, 0) is 13.8 Å². The normalized spacial score (nSPS) is 11.1. The highest BCUT2D eigenvalue weighted by Crippen LogP contribution is 2.38. The average molecular weight is 311 g/mol. The van der Waals surface area contributed by atoms with Crippen molar-refractivity contribution in [2.75, 3.05) is 5.32 Å². The third-order valence-electron chi connectivity index (χ3n) is 3.45. The van der Waals surface area contributed by atoms with Gasteiger partial charge in [-0.2, -0.15) is 0 Å². The molecule has 5 nitrogen and oxygen atoms in total. The minimum atomic E-state index is -0.366. The first-order valence-corrected chi connectivity index (χ1v) is 7.32. The van der Waals surface area contributed by atoms with Crippen LogP contribution in [-0.4, -0.2) is 16.3 Å². The molecule has 0 bridgehead atoms. The summed E-state index contributed by atoms with van der Waals surface area (Å²) in [5, 5.41) is 23.2. The molecule has 0 aliphatic rings. The molecule has 3 rings (SSSR count). The van der Waals surface area contributed by atoms with Crippen LogP contribution in [0.4, 0.5) is 5.69 Å². The van der Waals surface area contributed by atoms with Crippen molar-refractivity contribution in [1.82, 2.24) is 0 Å². The van der Waals surface area contributed by atoms with Gasteiger partial charge in [-0.3, -0.25) is 4.79 Å². The van der Waals surface area contributed by atoms with Crippen LogP contribution >= 0.6 is 0 Å². The van der Waals surface area contributed by atoms with E-state index in [1.807, 2.05) is 44.2 Å². The Morgan fingerprint density at radius 3 is 2.39 bits per heavy atom. The molecule has 3 aromatic rings. The summed E-state index contributed by atoms with van der Waals surface area (Å²) in [6, 6.07) is 11.7. The number of hydrogen-bond acceptors (Lipinski definition) is 5. The quantitative estimate of drug-likeness (QED) is 0.507. The van der Waals surface area contributed by atoms with Gasteiger partial charge < -0.3 is 19.9 Å². The van der Waals surface area contributed by atoms with Gasteiger partial charge in [0.25, 0.3) is 0 Å². The van der Waals surface area contributed by atoms with E-state index in [-0.39, 0.29) is 33.9 Å². The molecule has 0 spiro atoms. The van der Waals surface area contributed by atoms with Gasteiger partial charge in [-0.1, -0.05) is 30.3 Å². The van der Waals surface area contributed by atoms with Gasteiger partial charge in [0.05, 0.1) is 0 Å². The second kappa shape index (κ2) is 5.68. The molecule has 1 aromatic heterocycles. The number of benzene rings is 2. The Hall–Kier alpha value is -2.95. The minimum absolute atomic E-state index is 0.0133. The Kier molecular flexibility index (Phi) is 3.70. The van der Waals surface area contributed by atoms with Crippen LogP contribution in [0.15, 0.2) is 51.7 Å². The SMILES string of the molecule is CC(C)Nc1c(O)cc(O)c2c(=O)cc(-c3ccccc3)oc12. The zero-order chi connectivity index (χ0) is 16.6. The first kappa shape index (κ1) is 15.0. The highest BCUT2D eigenvalue weighted by atomic mass is 16.3. The summed E-state index contributed by atoms with van der Waals surface area (Å²) in [7, 11) is 0. The zero-order valence-corrected chi connectivity index (χ0v) is 12.8. The lowest BCUT2D eigenvalue weighted by Gasteiger charge is -2.15. The van der Waals surface area contributed by atoms with E-state index in [1.165, 1.54) is 6.07 Å². The summed E-state index contributed by atoms with van der Waals surface area (Å²) in [5.41, 5.74) is 0.810. The maximum Gasteiger partial charge on any atom is 0.197 e. The van der Waals surface area contributed by atoms with E-state index in [2.05, 4.69) is 5.32 Å². The monoisotopic (exact) mass is 311 g/mol. The average Bonchev–Trinajstić information content (AvgIpc) is 2.51. The number of aromatic hydroxyl groups is 2. The molecule has 0 fully saturated rings. The molecule has 0 saturated carbocycles. The van der Waals surface area contributed by atoms with Crippen molar-refractivity contribution in [3.8, 4) is 22.8 Å². The van der Waals surface area contributed by atoms with Crippen molar-refractivity contribution in [1.29, 1.82) is 0 Å². The Balaban J connectivity index is 2.35. The van der Waals surface area contributed by atoms with Crippen LogP contribution < -0.4 is 10.7 Å². The van der Waals surface area contributed by atoms with Gasteiger partial charge in [0.1, 0.15) is 28.3 Å². The highest BCUT2D eigenvalue weighted by molar-refractivity contribution is 5.97. The molecule has 0 atom stereocenters. The predicted molar refractivity (Wildman–Crippen MR) is 90.0 cm³/mol. The Bertz CT molecular complexity index is 914. The fraction of sp³-hybridized carbons (Fsp3) is 0.167. The standard InChI is InChI=1S/C18H17NO4/c1-10(2)19-17-14(22)8-12(20)16-13(21)9-15(23-18(16)17)11-6-4-3-5-7-11/h3-10,19-20,22H,1-2H3. The molecule has 2 aromatic carbocycles. The number of nitrogens with one attached hydrogen (secondary N) is 1. The van der Waals surface area contributed by atoms with Crippen LogP contribution in [0, 0.1) is 0 Å². The molecule has 0 saturated heterocycles. The summed E-state index contributed by atoms with van der Waals surface area (Å²) in [5.74, 6) is -0.0999. The van der Waals surface area contributed by atoms with Gasteiger partial charge in [0, 0.05) is 23.7 Å². The van der Waals surface area contributed by atoms with Gasteiger partial charge in [0.2, 0.25) is 0 Å². The molecule has 0 aliphatic heterocycles. The Morgan fingerprint density at radius 1 is 1.04 bits per heavy atom. The lowest BCUT2D eigenvalue weighted by molar-refractivity contribution is 0.453. The van der Waals surface area contributed by atoms with Crippen molar-refractivity contribution in [2.24, 2.45) is 0 Å². The second-order valence-corrected chi connectivity index (χ2v) is 5.63. The molecule has 0 aliphatic carbocycles. The number of anilines is 1. The number of hydrogen-bond donors (Lipinski definition) is 3. The second-order valence-electron chi connectivity index (χ2n) is 5.63. The fourth-order valence-electron chi connectivity index (χ4n) is 2.48. The molecular weight excluding hydrogens is 294 g/mol. The van der Waals surface area contributed by atoms with Gasteiger partial charge >= 0.3 is 0 Å². The molecule has 23 heavy (non-hydrogen) atoms. The maximum atomic E-state index is 12.4. The summed E-state index contributed by atoms with van der Waals surface area (Å²) >= 11 is 0. The van der Waals surface area contributed by atoms with Gasteiger partial charge in [0.15, 0.2) is 11.0 Å². The molecule has 0 amide bonds. The van der Waals surface area contributed by atoms with E-state index in [9.17, 15) is 15.0 Å². The van der Waals surface area contributed by atoms with Crippen LogP contribution in [0.25, 0.3) is 22.3 Å². The Labute approximate surface area is 132 Å². The lowest BCUT2D eigenvalue weighted by Crippen LogP contribution is -2.11. The van der Waals surface area contributed by atoms with Crippen molar-refractivity contribution < 1.29 is 14.6 Å². The van der Waals surface area contributed by atoms with Crippen LogP contribution in [-0.2, 0) is 0 Å². The van der Waals surface area contributed by atoms with Crippen molar-refractivity contribution in [3.63, 3.8) is 0 Å². The highest BCUT2D eigenvalue weighted by Gasteiger charge is 2.18. The van der Waals surface area contributed by atoms with E-state index in [0.717, 1.165) is 11.6 Å². The van der Waals surface area contributed by atoms with E-state index in [4.69, 9.17) is 4.42 Å². The van der Waals surface area contributed by atoms with E-state index in [1.54, 1.807) is 0 Å². The van der Waals surface area contributed by atoms with Crippen LogP contribution in [0.1, 0.15) is 13.8 Å². The van der Waals surface area contributed by atoms with Gasteiger partial charge in [-0.25, -0.2) is 0 Å². The van der Waals surface area contributed by atoms with Crippen molar-refractivity contribution in [2.45, 2.75) is 19.9 Å². The first-order valence-electron chi connectivity index (χ1n) is 7.32. The third kappa shape index (κ3) is 2.73. The number of phenolic OH excluding ortho intramolecular Hbond substituents is 2. The van der Waals surface area contributed by atoms with Crippen LogP contribution in [0.2, 0.25) is 0 Å². The molecule has 0 radical (unpaired) electrons.